The highest BCUT2D eigenvalue weighted by Gasteiger charge is 2.11. The zero-order chi connectivity index (χ0) is 17.7. The maximum absolute atomic E-state index is 12.1. The quantitative estimate of drug-likeness (QED) is 0.510. The average Bonchev–Trinajstić information content (AvgIpc) is 2.53. The Hall–Kier alpha value is -2.41. The van der Waals surface area contributed by atoms with Gasteiger partial charge in [-0.15, -0.1) is 0 Å². The number of nitrogens with one attached hydrogen (secondary N) is 1. The first kappa shape index (κ1) is 17.9. The number of nitrogens with zero attached hydrogens (tertiary/aromatic N) is 2. The van der Waals surface area contributed by atoms with E-state index in [1.165, 1.54) is 18.9 Å². The molecule has 0 spiro atoms. The van der Waals surface area contributed by atoms with Gasteiger partial charge in [0.25, 0.3) is 0 Å². The van der Waals surface area contributed by atoms with Gasteiger partial charge in [0, 0.05) is 17.1 Å². The van der Waals surface area contributed by atoms with Crippen LogP contribution in [0.15, 0.2) is 29.4 Å². The van der Waals surface area contributed by atoms with Gasteiger partial charge in [0.05, 0.1) is 18.4 Å². The highest BCUT2D eigenvalue weighted by Crippen LogP contribution is 2.19. The topological polar surface area (TPSA) is 81.2 Å². The molecule has 0 atom stereocenters. The number of hydrogen-bond acceptors (Lipinski definition) is 6. The van der Waals surface area contributed by atoms with Crippen molar-refractivity contribution in [3.8, 4) is 0 Å². The fourth-order valence-corrected chi connectivity index (χ4v) is 2.87. The molecular weight excluding hydrogens is 326 g/mol. The Morgan fingerprint density at radius 2 is 1.79 bits per heavy atom. The average molecular weight is 345 g/mol. The molecule has 24 heavy (non-hydrogen) atoms. The van der Waals surface area contributed by atoms with E-state index in [9.17, 15) is 9.59 Å². The van der Waals surface area contributed by atoms with E-state index in [0.717, 1.165) is 17.0 Å². The van der Waals surface area contributed by atoms with Gasteiger partial charge >= 0.3 is 5.97 Å². The number of rotatable bonds is 5. The van der Waals surface area contributed by atoms with Crippen LogP contribution in [0.4, 0.5) is 5.69 Å². The Kier molecular flexibility index (Phi) is 5.92. The summed E-state index contributed by atoms with van der Waals surface area (Å²) in [6.07, 6.45) is 0. The van der Waals surface area contributed by atoms with Crippen LogP contribution in [-0.4, -0.2) is 34.7 Å². The van der Waals surface area contributed by atoms with Crippen LogP contribution in [-0.2, 0) is 9.53 Å². The first-order valence-corrected chi connectivity index (χ1v) is 8.31. The lowest BCUT2D eigenvalue weighted by atomic mass is 10.1. The lowest BCUT2D eigenvalue weighted by Crippen LogP contribution is -2.15. The summed E-state index contributed by atoms with van der Waals surface area (Å²) in [5.41, 5.74) is 3.65. The number of hydrogen-bond donors (Lipinski definition) is 1. The maximum Gasteiger partial charge on any atom is 0.337 e. The molecule has 0 radical (unpaired) electrons. The molecule has 1 N–H and O–H groups in total. The van der Waals surface area contributed by atoms with Crippen molar-refractivity contribution >= 4 is 29.3 Å². The first-order valence-electron chi connectivity index (χ1n) is 7.33. The minimum Gasteiger partial charge on any atom is -0.465 e. The van der Waals surface area contributed by atoms with Crippen molar-refractivity contribution < 1.29 is 14.3 Å². The molecule has 2 rings (SSSR count). The summed E-state index contributed by atoms with van der Waals surface area (Å²) >= 11 is 1.29. The summed E-state index contributed by atoms with van der Waals surface area (Å²) in [6, 6.07) is 6.88. The van der Waals surface area contributed by atoms with Gasteiger partial charge < -0.3 is 10.1 Å². The predicted molar refractivity (Wildman–Crippen MR) is 93.4 cm³/mol. The molecule has 6 nitrogen and oxygen atoms in total. The number of ether oxygens (including phenoxy) is 1. The zero-order valence-corrected chi connectivity index (χ0v) is 14.9. The Morgan fingerprint density at radius 3 is 2.38 bits per heavy atom. The van der Waals surface area contributed by atoms with Gasteiger partial charge in [-0.25, -0.2) is 14.8 Å². The second-order valence-corrected chi connectivity index (χ2v) is 6.23. The van der Waals surface area contributed by atoms with Crippen LogP contribution in [0, 0.1) is 20.8 Å². The molecule has 0 bridgehead atoms. The van der Waals surface area contributed by atoms with Crippen molar-refractivity contribution in [2.24, 2.45) is 0 Å². The van der Waals surface area contributed by atoms with Crippen molar-refractivity contribution in [2.45, 2.75) is 25.9 Å². The molecule has 1 aromatic heterocycles. The molecule has 0 saturated heterocycles. The molecule has 0 aliphatic heterocycles. The number of anilines is 1. The van der Waals surface area contributed by atoms with Crippen LogP contribution in [0.3, 0.4) is 0 Å². The number of aryl methyl sites for hydroxylation is 3. The Balaban J connectivity index is 1.98. The van der Waals surface area contributed by atoms with Crippen molar-refractivity contribution in [3.63, 3.8) is 0 Å². The van der Waals surface area contributed by atoms with Crippen molar-refractivity contribution in [3.05, 3.63) is 46.8 Å². The zero-order valence-electron chi connectivity index (χ0n) is 14.0. The number of carbonyl (C=O) groups excluding carboxylic acids is 2. The summed E-state index contributed by atoms with van der Waals surface area (Å²) in [5.74, 6) is -0.351. The monoisotopic (exact) mass is 345 g/mol. The summed E-state index contributed by atoms with van der Waals surface area (Å²) in [7, 11) is 1.33. The maximum atomic E-state index is 12.1. The van der Waals surface area contributed by atoms with Gasteiger partial charge in [-0.1, -0.05) is 11.8 Å². The van der Waals surface area contributed by atoms with Crippen LogP contribution in [0.2, 0.25) is 0 Å². The second-order valence-electron chi connectivity index (χ2n) is 5.29. The number of amides is 1. The summed E-state index contributed by atoms with van der Waals surface area (Å²) < 4.78 is 4.68. The van der Waals surface area contributed by atoms with Gasteiger partial charge in [0.15, 0.2) is 5.16 Å². The standard InChI is InChI=1S/C17H19N3O3S/c1-10-7-13(16(22)23-4)5-6-14(10)20-15(21)9-24-17-18-11(2)8-12(3)19-17/h5-8H,9H2,1-4H3,(H,20,21). The number of aromatic nitrogens is 2. The molecule has 1 amide bonds. The van der Waals surface area contributed by atoms with Crippen LogP contribution >= 0.6 is 11.8 Å². The summed E-state index contributed by atoms with van der Waals surface area (Å²) in [6.45, 7) is 5.61. The van der Waals surface area contributed by atoms with E-state index >= 15 is 0 Å². The number of thioether (sulfide) groups is 1. The lowest BCUT2D eigenvalue weighted by molar-refractivity contribution is -0.113. The van der Waals surface area contributed by atoms with Crippen molar-refractivity contribution in [2.75, 3.05) is 18.2 Å². The minimum atomic E-state index is -0.404. The van der Waals surface area contributed by atoms with Crippen LogP contribution < -0.4 is 5.32 Å². The van der Waals surface area contributed by atoms with Crippen LogP contribution in [0.1, 0.15) is 27.3 Å². The minimum absolute atomic E-state index is 0.156. The van der Waals surface area contributed by atoms with Crippen LogP contribution in [0.5, 0.6) is 0 Å². The van der Waals surface area contributed by atoms with E-state index < -0.39 is 5.97 Å². The number of benzene rings is 1. The molecule has 126 valence electrons. The number of carbonyl (C=O) groups is 2. The SMILES string of the molecule is COC(=O)c1ccc(NC(=O)CSc2nc(C)cc(C)n2)c(C)c1. The second kappa shape index (κ2) is 7.92. The molecule has 1 heterocycles. The molecule has 0 aliphatic carbocycles. The summed E-state index contributed by atoms with van der Waals surface area (Å²) in [5, 5.41) is 3.41. The molecule has 0 saturated carbocycles. The molecule has 0 unspecified atom stereocenters. The van der Waals surface area contributed by atoms with Crippen molar-refractivity contribution in [1.29, 1.82) is 0 Å². The van der Waals surface area contributed by atoms with E-state index in [1.807, 2.05) is 26.8 Å². The lowest BCUT2D eigenvalue weighted by Gasteiger charge is -2.09. The third kappa shape index (κ3) is 4.79. The Labute approximate surface area is 145 Å². The number of esters is 1. The largest absolute Gasteiger partial charge is 0.465 e. The molecule has 2 aromatic rings. The fourth-order valence-electron chi connectivity index (χ4n) is 2.12. The fraction of sp³-hybridized carbons (Fsp3) is 0.294. The van der Waals surface area contributed by atoms with E-state index in [-0.39, 0.29) is 11.7 Å². The van der Waals surface area contributed by atoms with Gasteiger partial charge in [-0.2, -0.15) is 0 Å². The highest BCUT2D eigenvalue weighted by molar-refractivity contribution is 7.99. The third-order valence-corrected chi connectivity index (χ3v) is 4.06. The smallest absolute Gasteiger partial charge is 0.337 e. The highest BCUT2D eigenvalue weighted by atomic mass is 32.2. The Morgan fingerprint density at radius 1 is 1.12 bits per heavy atom. The van der Waals surface area contributed by atoms with E-state index in [2.05, 4.69) is 20.0 Å². The van der Waals surface area contributed by atoms with Gasteiger partial charge in [-0.3, -0.25) is 4.79 Å². The summed E-state index contributed by atoms with van der Waals surface area (Å²) in [4.78, 5) is 32.2. The molecule has 7 heteroatoms. The first-order chi connectivity index (χ1) is 11.4. The van der Waals surface area contributed by atoms with Gasteiger partial charge in [0.1, 0.15) is 0 Å². The predicted octanol–water partition coefficient (Wildman–Crippen LogP) is 2.92. The van der Waals surface area contributed by atoms with E-state index in [0.29, 0.717) is 16.4 Å². The van der Waals surface area contributed by atoms with Crippen molar-refractivity contribution in [1.82, 2.24) is 9.97 Å². The molecule has 0 aliphatic rings. The van der Waals surface area contributed by atoms with E-state index in [1.54, 1.807) is 18.2 Å². The molecule has 1 aromatic carbocycles. The molecular formula is C17H19N3O3S. The van der Waals surface area contributed by atoms with Crippen LogP contribution in [0.25, 0.3) is 0 Å². The number of methoxy groups -OCH3 is 1. The Bertz CT molecular complexity index is 757. The van der Waals surface area contributed by atoms with Gasteiger partial charge in [-0.05, 0) is 50.6 Å². The molecule has 0 fully saturated rings. The van der Waals surface area contributed by atoms with Gasteiger partial charge in [0.2, 0.25) is 5.91 Å². The normalized spacial score (nSPS) is 10.3. The van der Waals surface area contributed by atoms with E-state index in [4.69, 9.17) is 0 Å². The third-order valence-electron chi connectivity index (χ3n) is 3.22.